The van der Waals surface area contributed by atoms with Crippen molar-refractivity contribution in [3.63, 3.8) is 0 Å². The van der Waals surface area contributed by atoms with Crippen molar-refractivity contribution in [2.75, 3.05) is 4.72 Å². The van der Waals surface area contributed by atoms with Gasteiger partial charge < -0.3 is 9.29 Å². The molecular weight excluding hydrogens is 436 g/mol. The van der Waals surface area contributed by atoms with Gasteiger partial charge in [-0.3, -0.25) is 4.68 Å². The summed E-state index contributed by atoms with van der Waals surface area (Å²) in [6.07, 6.45) is 4.69. The minimum absolute atomic E-state index is 0.166. The number of rotatable bonds is 6. The molecule has 0 amide bonds. The molecule has 0 aliphatic carbocycles. The highest BCUT2D eigenvalue weighted by Gasteiger charge is 2.19. The summed E-state index contributed by atoms with van der Waals surface area (Å²) in [5.74, 6) is 0.914. The van der Waals surface area contributed by atoms with Gasteiger partial charge in [0.05, 0.1) is 18.1 Å². The third-order valence-corrected chi connectivity index (χ3v) is 5.67. The van der Waals surface area contributed by atoms with Crippen molar-refractivity contribution in [1.29, 1.82) is 0 Å². The molecule has 8 nitrogen and oxygen atoms in total. The SMILES string of the molecule is Cc1cccc(C)c1-c1cc(Oc2ccc(Cl)nc2)nc(N[S+]([O-])c2cnn(C)c2)n1. The zero-order valence-electron chi connectivity index (χ0n) is 17.0. The summed E-state index contributed by atoms with van der Waals surface area (Å²) in [4.78, 5) is 13.5. The Labute approximate surface area is 187 Å². The molecule has 4 rings (SSSR count). The Hall–Kier alpha value is -3.14. The van der Waals surface area contributed by atoms with E-state index in [-0.39, 0.29) is 11.8 Å². The predicted octanol–water partition coefficient (Wildman–Crippen LogP) is 4.47. The lowest BCUT2D eigenvalue weighted by atomic mass is 10.00. The third-order valence-electron chi connectivity index (χ3n) is 4.44. The quantitative estimate of drug-likeness (QED) is 0.338. The lowest BCUT2D eigenvalue weighted by Gasteiger charge is -2.14. The van der Waals surface area contributed by atoms with Crippen molar-refractivity contribution in [2.24, 2.45) is 7.05 Å². The highest BCUT2D eigenvalue weighted by molar-refractivity contribution is 7.92. The Morgan fingerprint density at radius 3 is 2.52 bits per heavy atom. The Balaban J connectivity index is 1.73. The molecule has 10 heteroatoms. The molecular formula is C21H19ClN6O2S. The molecule has 0 fully saturated rings. The monoisotopic (exact) mass is 454 g/mol. The first kappa shape index (κ1) is 21.1. The second-order valence-corrected chi connectivity index (χ2v) is 8.42. The lowest BCUT2D eigenvalue weighted by molar-refractivity contribution is 0.461. The van der Waals surface area contributed by atoms with E-state index in [0.717, 1.165) is 16.7 Å². The van der Waals surface area contributed by atoms with E-state index in [2.05, 4.69) is 24.8 Å². The zero-order valence-corrected chi connectivity index (χ0v) is 18.6. The Bertz CT molecular complexity index is 1190. The van der Waals surface area contributed by atoms with Crippen molar-refractivity contribution < 1.29 is 9.29 Å². The molecule has 3 heterocycles. The molecule has 1 aromatic carbocycles. The van der Waals surface area contributed by atoms with E-state index in [1.807, 2.05) is 32.0 Å². The standard InChI is InChI=1S/C21H19ClN6O2S/c1-13-5-4-6-14(2)20(13)17-9-19(30-15-7-8-18(22)23-10-15)26-21(25-17)27-31(29)16-11-24-28(3)12-16/h4-12H,1-3H3,(H,25,26,27). The van der Waals surface area contributed by atoms with Gasteiger partial charge in [0.25, 0.3) is 5.95 Å². The van der Waals surface area contributed by atoms with E-state index in [9.17, 15) is 4.55 Å². The molecule has 3 aromatic heterocycles. The van der Waals surface area contributed by atoms with Crippen LogP contribution in [0.1, 0.15) is 11.1 Å². The number of hydrogen-bond acceptors (Lipinski definition) is 7. The van der Waals surface area contributed by atoms with Gasteiger partial charge in [0.15, 0.2) is 0 Å². The van der Waals surface area contributed by atoms with Crippen LogP contribution in [0.5, 0.6) is 11.6 Å². The van der Waals surface area contributed by atoms with Crippen LogP contribution >= 0.6 is 11.6 Å². The molecule has 158 valence electrons. The number of aryl methyl sites for hydroxylation is 3. The van der Waals surface area contributed by atoms with Crippen LogP contribution in [0.25, 0.3) is 11.3 Å². The summed E-state index contributed by atoms with van der Waals surface area (Å²) in [6.45, 7) is 4.02. The summed E-state index contributed by atoms with van der Waals surface area (Å²) in [7, 11) is 1.75. The van der Waals surface area contributed by atoms with Crippen LogP contribution in [-0.4, -0.2) is 29.3 Å². The highest BCUT2D eigenvalue weighted by atomic mass is 35.5. The summed E-state index contributed by atoms with van der Waals surface area (Å²) < 4.78 is 23.0. The van der Waals surface area contributed by atoms with Crippen LogP contribution in [0.3, 0.4) is 0 Å². The first-order chi connectivity index (χ1) is 14.9. The average molecular weight is 455 g/mol. The first-order valence-electron chi connectivity index (χ1n) is 9.31. The maximum absolute atomic E-state index is 12.7. The highest BCUT2D eigenvalue weighted by Crippen LogP contribution is 2.31. The third kappa shape index (κ3) is 4.96. The molecule has 1 unspecified atom stereocenters. The average Bonchev–Trinajstić information content (AvgIpc) is 3.16. The Kier molecular flexibility index (Phi) is 6.08. The number of halogens is 1. The van der Waals surface area contributed by atoms with Crippen molar-refractivity contribution >= 4 is 28.9 Å². The van der Waals surface area contributed by atoms with Gasteiger partial charge in [-0.1, -0.05) is 29.8 Å². The molecule has 0 aliphatic heterocycles. The van der Waals surface area contributed by atoms with Gasteiger partial charge in [-0.15, -0.1) is 0 Å². The van der Waals surface area contributed by atoms with Gasteiger partial charge in [-0.2, -0.15) is 14.8 Å². The number of aromatic nitrogens is 5. The predicted molar refractivity (Wildman–Crippen MR) is 120 cm³/mol. The van der Waals surface area contributed by atoms with Crippen molar-refractivity contribution in [3.8, 4) is 22.9 Å². The molecule has 0 spiro atoms. The summed E-state index contributed by atoms with van der Waals surface area (Å²) in [5.41, 5.74) is 3.71. The van der Waals surface area contributed by atoms with E-state index >= 15 is 0 Å². The van der Waals surface area contributed by atoms with Gasteiger partial charge in [0.2, 0.25) is 10.8 Å². The summed E-state index contributed by atoms with van der Waals surface area (Å²) >= 11 is 4.26. The van der Waals surface area contributed by atoms with E-state index in [4.69, 9.17) is 16.3 Å². The van der Waals surface area contributed by atoms with Crippen molar-refractivity contribution in [2.45, 2.75) is 18.7 Å². The number of anilines is 1. The number of ether oxygens (including phenoxy) is 1. The minimum atomic E-state index is -1.59. The van der Waals surface area contributed by atoms with Crippen LogP contribution in [-0.2, 0) is 18.4 Å². The van der Waals surface area contributed by atoms with Gasteiger partial charge in [0.1, 0.15) is 28.5 Å². The molecule has 4 aromatic rings. The lowest BCUT2D eigenvalue weighted by Crippen LogP contribution is -2.15. The second kappa shape index (κ2) is 8.93. The molecule has 0 saturated heterocycles. The summed E-state index contributed by atoms with van der Waals surface area (Å²) in [5, 5.41) is 4.41. The van der Waals surface area contributed by atoms with Crippen molar-refractivity contribution in [1.82, 2.24) is 24.7 Å². The number of nitrogens with zero attached hydrogens (tertiary/aromatic N) is 5. The van der Waals surface area contributed by atoms with Crippen LogP contribution in [0.15, 0.2) is 59.9 Å². The van der Waals surface area contributed by atoms with E-state index in [1.165, 1.54) is 12.4 Å². The smallest absolute Gasteiger partial charge is 0.269 e. The van der Waals surface area contributed by atoms with Crippen LogP contribution in [0.4, 0.5) is 5.95 Å². The zero-order chi connectivity index (χ0) is 22.0. The number of benzene rings is 1. The molecule has 0 saturated carbocycles. The maximum atomic E-state index is 12.7. The fraction of sp³-hybridized carbons (Fsp3) is 0.143. The Morgan fingerprint density at radius 2 is 1.87 bits per heavy atom. The molecule has 1 atom stereocenters. The van der Waals surface area contributed by atoms with E-state index < -0.39 is 11.4 Å². The topological polar surface area (TPSA) is 101 Å². The number of nitrogens with one attached hydrogen (secondary N) is 1. The molecule has 0 radical (unpaired) electrons. The van der Waals surface area contributed by atoms with Gasteiger partial charge in [-0.05, 0) is 37.1 Å². The molecule has 1 N–H and O–H groups in total. The normalized spacial score (nSPS) is 11.9. The van der Waals surface area contributed by atoms with E-state index in [0.29, 0.717) is 21.5 Å². The van der Waals surface area contributed by atoms with Gasteiger partial charge in [-0.25, -0.2) is 9.97 Å². The first-order valence-corrected chi connectivity index (χ1v) is 10.8. The summed E-state index contributed by atoms with van der Waals surface area (Å²) in [6, 6.07) is 11.1. The van der Waals surface area contributed by atoms with Crippen molar-refractivity contribution in [3.05, 3.63) is 71.3 Å². The molecule has 0 bridgehead atoms. The fourth-order valence-corrected chi connectivity index (χ4v) is 3.93. The van der Waals surface area contributed by atoms with Crippen LogP contribution in [0.2, 0.25) is 5.15 Å². The largest absolute Gasteiger partial charge is 0.588 e. The number of hydrogen-bond donors (Lipinski definition) is 1. The van der Waals surface area contributed by atoms with Crippen LogP contribution in [0, 0.1) is 13.8 Å². The maximum Gasteiger partial charge on any atom is 0.269 e. The fourth-order valence-electron chi connectivity index (χ4n) is 3.05. The minimum Gasteiger partial charge on any atom is -0.588 e. The van der Waals surface area contributed by atoms with Crippen LogP contribution < -0.4 is 9.46 Å². The van der Waals surface area contributed by atoms with E-state index in [1.54, 1.807) is 36.1 Å². The van der Waals surface area contributed by atoms with Gasteiger partial charge in [0, 0.05) is 18.7 Å². The van der Waals surface area contributed by atoms with Gasteiger partial charge >= 0.3 is 0 Å². The molecule has 31 heavy (non-hydrogen) atoms. The second-order valence-electron chi connectivity index (χ2n) is 6.82. The molecule has 0 aliphatic rings. The Morgan fingerprint density at radius 1 is 1.10 bits per heavy atom. The number of pyridine rings is 1.